The Morgan fingerprint density at radius 3 is 2.78 bits per heavy atom. The van der Waals surface area contributed by atoms with Gasteiger partial charge in [-0.1, -0.05) is 12.1 Å². The quantitative estimate of drug-likeness (QED) is 0.898. The van der Waals surface area contributed by atoms with Crippen molar-refractivity contribution in [2.45, 2.75) is 13.5 Å². The summed E-state index contributed by atoms with van der Waals surface area (Å²) < 4.78 is 6.92. The zero-order valence-electron chi connectivity index (χ0n) is 10.3. The number of rotatable bonds is 4. The summed E-state index contributed by atoms with van der Waals surface area (Å²) in [4.78, 5) is 11.2. The highest BCUT2D eigenvalue weighted by molar-refractivity contribution is 5.95. The molecule has 94 valence electrons. The van der Waals surface area contributed by atoms with Crippen LogP contribution in [0, 0.1) is 0 Å². The third-order valence-corrected chi connectivity index (χ3v) is 2.73. The number of ether oxygens (including phenoxy) is 1. The first-order valence-electron chi connectivity index (χ1n) is 5.61. The molecule has 1 aromatic carbocycles. The van der Waals surface area contributed by atoms with Gasteiger partial charge in [-0.05, 0) is 19.1 Å². The number of carboxylic acid groups (broad SMARTS) is 1. The number of hydrogen-bond donors (Lipinski definition) is 1. The zero-order valence-corrected chi connectivity index (χ0v) is 10.3. The average molecular weight is 246 g/mol. The van der Waals surface area contributed by atoms with Crippen LogP contribution < -0.4 is 4.74 Å². The molecule has 1 heterocycles. The second kappa shape index (κ2) is 4.91. The first-order valence-corrected chi connectivity index (χ1v) is 5.61. The second-order valence-electron chi connectivity index (χ2n) is 3.73. The fourth-order valence-corrected chi connectivity index (χ4v) is 1.91. The molecule has 0 unspecified atom stereocenters. The summed E-state index contributed by atoms with van der Waals surface area (Å²) in [6.45, 7) is 2.51. The molecule has 2 rings (SSSR count). The number of para-hydroxylation sites is 1. The molecule has 2 aromatic rings. The summed E-state index contributed by atoms with van der Waals surface area (Å²) in [5.41, 5.74) is 1.49. The molecule has 0 aliphatic rings. The fourth-order valence-electron chi connectivity index (χ4n) is 1.91. The summed E-state index contributed by atoms with van der Waals surface area (Å²) in [5, 5.41) is 13.3. The number of aryl methyl sites for hydroxylation is 1. The predicted octanol–water partition coefficient (Wildman–Crippen LogP) is 2.28. The number of nitrogens with zero attached hydrogens (tertiary/aromatic N) is 2. The number of benzene rings is 1. The highest BCUT2D eigenvalue weighted by atomic mass is 16.5. The van der Waals surface area contributed by atoms with Crippen molar-refractivity contribution >= 4 is 5.97 Å². The third kappa shape index (κ3) is 1.95. The van der Waals surface area contributed by atoms with Crippen molar-refractivity contribution in [1.29, 1.82) is 0 Å². The highest BCUT2D eigenvalue weighted by Gasteiger charge is 2.20. The topological polar surface area (TPSA) is 64.4 Å². The minimum absolute atomic E-state index is 0.182. The lowest BCUT2D eigenvalue weighted by Crippen LogP contribution is -2.04. The number of aromatic nitrogens is 2. The molecule has 0 aliphatic carbocycles. The van der Waals surface area contributed by atoms with Crippen molar-refractivity contribution in [2.75, 3.05) is 7.11 Å². The van der Waals surface area contributed by atoms with Crippen LogP contribution in [0.2, 0.25) is 0 Å². The maximum absolute atomic E-state index is 11.2. The van der Waals surface area contributed by atoms with E-state index in [1.807, 2.05) is 25.1 Å². The van der Waals surface area contributed by atoms with E-state index < -0.39 is 5.97 Å². The van der Waals surface area contributed by atoms with Gasteiger partial charge in [0, 0.05) is 12.1 Å². The number of aromatic carboxylic acids is 1. The normalized spacial score (nSPS) is 10.3. The van der Waals surface area contributed by atoms with Crippen molar-refractivity contribution in [3.8, 4) is 17.0 Å². The van der Waals surface area contributed by atoms with Crippen LogP contribution in [0.5, 0.6) is 5.75 Å². The molecule has 0 saturated carbocycles. The van der Waals surface area contributed by atoms with E-state index in [-0.39, 0.29) is 5.56 Å². The number of carboxylic acids is 1. The lowest BCUT2D eigenvalue weighted by atomic mass is 10.1. The Bertz CT molecular complexity index is 575. The van der Waals surface area contributed by atoms with Gasteiger partial charge in [0.25, 0.3) is 0 Å². The van der Waals surface area contributed by atoms with E-state index in [9.17, 15) is 9.90 Å². The number of carbonyl (C=O) groups is 1. The smallest absolute Gasteiger partial charge is 0.339 e. The molecule has 1 aromatic heterocycles. The van der Waals surface area contributed by atoms with E-state index in [1.54, 1.807) is 17.9 Å². The van der Waals surface area contributed by atoms with Gasteiger partial charge >= 0.3 is 5.97 Å². The molecular formula is C13H14N2O3. The highest BCUT2D eigenvalue weighted by Crippen LogP contribution is 2.32. The number of hydrogen-bond acceptors (Lipinski definition) is 3. The average Bonchev–Trinajstić information content (AvgIpc) is 2.82. The maximum Gasteiger partial charge on any atom is 0.339 e. The van der Waals surface area contributed by atoms with E-state index in [0.29, 0.717) is 18.0 Å². The first-order chi connectivity index (χ1) is 8.69. The molecule has 18 heavy (non-hydrogen) atoms. The lowest BCUT2D eigenvalue weighted by Gasteiger charge is -2.10. The van der Waals surface area contributed by atoms with E-state index in [4.69, 9.17) is 4.74 Å². The summed E-state index contributed by atoms with van der Waals surface area (Å²) in [5.74, 6) is -0.356. The van der Waals surface area contributed by atoms with Crippen LogP contribution in [0.4, 0.5) is 0 Å². The molecule has 0 fully saturated rings. The van der Waals surface area contributed by atoms with Gasteiger partial charge in [0.2, 0.25) is 0 Å². The molecule has 0 atom stereocenters. The maximum atomic E-state index is 11.2. The summed E-state index contributed by atoms with van der Waals surface area (Å²) in [6, 6.07) is 7.31. The van der Waals surface area contributed by atoms with Crippen molar-refractivity contribution in [2.24, 2.45) is 0 Å². The van der Waals surface area contributed by atoms with Gasteiger partial charge in [0.15, 0.2) is 0 Å². The minimum atomic E-state index is -0.990. The van der Waals surface area contributed by atoms with Crippen molar-refractivity contribution in [1.82, 2.24) is 9.78 Å². The Morgan fingerprint density at radius 1 is 1.44 bits per heavy atom. The SMILES string of the molecule is CCn1ncc(C(=O)O)c1-c1ccccc1OC. The van der Waals surface area contributed by atoms with Crippen LogP contribution >= 0.6 is 0 Å². The summed E-state index contributed by atoms with van der Waals surface area (Å²) >= 11 is 0. The molecule has 0 spiro atoms. The molecular weight excluding hydrogens is 232 g/mol. The van der Waals surface area contributed by atoms with Crippen molar-refractivity contribution < 1.29 is 14.6 Å². The van der Waals surface area contributed by atoms with Crippen LogP contribution in [-0.4, -0.2) is 28.0 Å². The van der Waals surface area contributed by atoms with Gasteiger partial charge in [0.1, 0.15) is 11.3 Å². The van der Waals surface area contributed by atoms with E-state index in [1.165, 1.54) is 6.20 Å². The van der Waals surface area contributed by atoms with Gasteiger partial charge in [-0.15, -0.1) is 0 Å². The van der Waals surface area contributed by atoms with Gasteiger partial charge in [-0.2, -0.15) is 5.10 Å². The summed E-state index contributed by atoms with van der Waals surface area (Å²) in [7, 11) is 1.56. The first kappa shape index (κ1) is 12.2. The molecule has 5 heteroatoms. The zero-order chi connectivity index (χ0) is 13.1. The monoisotopic (exact) mass is 246 g/mol. The molecule has 0 aliphatic heterocycles. The standard InChI is InChI=1S/C13H14N2O3/c1-3-15-12(10(8-14-15)13(16)17)9-6-4-5-7-11(9)18-2/h4-8H,3H2,1-2H3,(H,16,17). The number of methoxy groups -OCH3 is 1. The lowest BCUT2D eigenvalue weighted by molar-refractivity contribution is 0.0697. The van der Waals surface area contributed by atoms with E-state index >= 15 is 0 Å². The van der Waals surface area contributed by atoms with Crippen LogP contribution in [0.3, 0.4) is 0 Å². The van der Waals surface area contributed by atoms with Crippen molar-refractivity contribution in [3.63, 3.8) is 0 Å². The van der Waals surface area contributed by atoms with Gasteiger partial charge in [-0.3, -0.25) is 4.68 Å². The Labute approximate surface area is 105 Å². The van der Waals surface area contributed by atoms with Crippen molar-refractivity contribution in [3.05, 3.63) is 36.0 Å². The molecule has 0 saturated heterocycles. The Hall–Kier alpha value is -2.30. The molecule has 0 bridgehead atoms. The largest absolute Gasteiger partial charge is 0.496 e. The Balaban J connectivity index is 2.68. The molecule has 0 radical (unpaired) electrons. The minimum Gasteiger partial charge on any atom is -0.496 e. The second-order valence-corrected chi connectivity index (χ2v) is 3.73. The van der Waals surface area contributed by atoms with Crippen LogP contribution in [0.1, 0.15) is 17.3 Å². The Morgan fingerprint density at radius 2 is 2.17 bits per heavy atom. The molecule has 1 N–H and O–H groups in total. The van der Waals surface area contributed by atoms with Gasteiger partial charge in [-0.25, -0.2) is 4.79 Å². The van der Waals surface area contributed by atoms with Crippen LogP contribution in [0.15, 0.2) is 30.5 Å². The van der Waals surface area contributed by atoms with E-state index in [2.05, 4.69) is 5.10 Å². The Kier molecular flexibility index (Phi) is 3.32. The molecule has 5 nitrogen and oxygen atoms in total. The fraction of sp³-hybridized carbons (Fsp3) is 0.231. The van der Waals surface area contributed by atoms with E-state index in [0.717, 1.165) is 5.56 Å². The van der Waals surface area contributed by atoms with Crippen LogP contribution in [0.25, 0.3) is 11.3 Å². The summed E-state index contributed by atoms with van der Waals surface area (Å²) in [6.07, 6.45) is 1.37. The molecule has 0 amide bonds. The predicted molar refractivity (Wildman–Crippen MR) is 66.8 cm³/mol. The van der Waals surface area contributed by atoms with Gasteiger partial charge < -0.3 is 9.84 Å². The van der Waals surface area contributed by atoms with Crippen LogP contribution in [-0.2, 0) is 6.54 Å². The van der Waals surface area contributed by atoms with Gasteiger partial charge in [0.05, 0.1) is 19.0 Å². The third-order valence-electron chi connectivity index (χ3n) is 2.73.